The molecule has 5 nitrogen and oxygen atoms in total. The highest BCUT2D eigenvalue weighted by Gasteiger charge is 2.15. The fourth-order valence-electron chi connectivity index (χ4n) is 1.26. The average Bonchev–Trinajstić information content (AvgIpc) is 2.38. The van der Waals surface area contributed by atoms with Crippen molar-refractivity contribution < 1.29 is 19.1 Å². The summed E-state index contributed by atoms with van der Waals surface area (Å²) < 4.78 is 9.69. The van der Waals surface area contributed by atoms with Crippen LogP contribution in [-0.4, -0.2) is 31.3 Å². The Hall–Kier alpha value is -1.96. The molecule has 21 heavy (non-hydrogen) atoms. The van der Waals surface area contributed by atoms with Crippen molar-refractivity contribution in [2.45, 2.75) is 52.6 Å². The summed E-state index contributed by atoms with van der Waals surface area (Å²) >= 11 is 0. The monoisotopic (exact) mass is 295 g/mol. The first-order valence-corrected chi connectivity index (χ1v) is 7.02. The Morgan fingerprint density at radius 1 is 1.29 bits per heavy atom. The Kier molecular flexibility index (Phi) is 8.95. The molecule has 0 rings (SSSR count). The second-order valence-electron chi connectivity index (χ2n) is 5.45. The molecule has 1 N–H and O–H groups in total. The quantitative estimate of drug-likeness (QED) is 0.366. The Morgan fingerprint density at radius 2 is 1.95 bits per heavy atom. The van der Waals surface area contributed by atoms with E-state index in [9.17, 15) is 9.59 Å². The van der Waals surface area contributed by atoms with Crippen molar-refractivity contribution in [3.05, 3.63) is 11.6 Å². The van der Waals surface area contributed by atoms with Crippen LogP contribution in [0, 0.1) is 11.8 Å². The Balaban J connectivity index is 4.60. The van der Waals surface area contributed by atoms with E-state index in [-0.39, 0.29) is 6.54 Å². The maximum absolute atomic E-state index is 11.6. The van der Waals surface area contributed by atoms with E-state index < -0.39 is 17.7 Å². The van der Waals surface area contributed by atoms with Crippen LogP contribution in [0.4, 0.5) is 4.79 Å². The molecule has 0 aliphatic rings. The molecular formula is C16H25NO4. The highest BCUT2D eigenvalue weighted by molar-refractivity contribution is 5.84. The fourth-order valence-corrected chi connectivity index (χ4v) is 1.26. The van der Waals surface area contributed by atoms with Crippen LogP contribution in [0.2, 0.25) is 0 Å². The number of hydrogen-bond donors (Lipinski definition) is 1. The van der Waals surface area contributed by atoms with Gasteiger partial charge in [0.25, 0.3) is 0 Å². The molecule has 0 bridgehead atoms. The molecule has 0 aromatic carbocycles. The zero-order chi connectivity index (χ0) is 16.3. The number of hydrogen-bond acceptors (Lipinski definition) is 4. The van der Waals surface area contributed by atoms with E-state index in [1.807, 2.05) is 0 Å². The summed E-state index contributed by atoms with van der Waals surface area (Å²) in [6.45, 7) is 7.55. The van der Waals surface area contributed by atoms with Crippen LogP contribution in [0.5, 0.6) is 0 Å². The number of methoxy groups -OCH3 is 1. The minimum atomic E-state index is -0.566. The normalized spacial score (nSPS) is 11.2. The van der Waals surface area contributed by atoms with E-state index in [2.05, 4.69) is 28.8 Å². The Bertz CT molecular complexity index is 435. The van der Waals surface area contributed by atoms with Gasteiger partial charge >= 0.3 is 12.1 Å². The molecule has 0 aromatic rings. The molecule has 0 saturated heterocycles. The molecule has 5 heteroatoms. The maximum atomic E-state index is 11.6. The van der Waals surface area contributed by atoms with Crippen LogP contribution in [0.25, 0.3) is 0 Å². The predicted octanol–water partition coefficient (Wildman–Crippen LogP) is 2.80. The van der Waals surface area contributed by atoms with Crippen LogP contribution in [0.3, 0.4) is 0 Å². The van der Waals surface area contributed by atoms with Gasteiger partial charge in [-0.25, -0.2) is 9.59 Å². The van der Waals surface area contributed by atoms with Gasteiger partial charge in [-0.2, -0.15) is 0 Å². The van der Waals surface area contributed by atoms with Crippen molar-refractivity contribution in [1.29, 1.82) is 0 Å². The summed E-state index contributed by atoms with van der Waals surface area (Å²) in [5.74, 6) is 5.35. The lowest BCUT2D eigenvalue weighted by atomic mass is 10.2. The van der Waals surface area contributed by atoms with E-state index in [1.165, 1.54) is 13.2 Å². The zero-order valence-electron chi connectivity index (χ0n) is 13.5. The molecule has 0 aliphatic carbocycles. The Labute approximate surface area is 127 Å². The zero-order valence-corrected chi connectivity index (χ0v) is 13.5. The van der Waals surface area contributed by atoms with Crippen LogP contribution in [0.15, 0.2) is 11.6 Å². The SMILES string of the molecule is CCCCC#C/C(=C/C(=O)OC)CNC(=O)OC(C)(C)C. The standard InChI is InChI=1S/C16H25NO4/c1-6-7-8-9-10-13(11-14(18)20-5)12-17-15(19)21-16(2,3)4/h11H,6-8,12H2,1-5H3,(H,17,19)/b13-11-. The molecule has 0 fully saturated rings. The van der Waals surface area contributed by atoms with Crippen molar-refractivity contribution in [1.82, 2.24) is 5.32 Å². The fraction of sp³-hybridized carbons (Fsp3) is 0.625. The Morgan fingerprint density at radius 3 is 2.48 bits per heavy atom. The minimum Gasteiger partial charge on any atom is -0.466 e. The molecule has 118 valence electrons. The summed E-state index contributed by atoms with van der Waals surface area (Å²) in [4.78, 5) is 22.8. The van der Waals surface area contributed by atoms with Crippen molar-refractivity contribution in [2.24, 2.45) is 0 Å². The third-order valence-corrected chi connectivity index (χ3v) is 2.22. The second-order valence-corrected chi connectivity index (χ2v) is 5.45. The van der Waals surface area contributed by atoms with Gasteiger partial charge in [-0.1, -0.05) is 25.2 Å². The van der Waals surface area contributed by atoms with Gasteiger partial charge in [-0.05, 0) is 27.2 Å². The lowest BCUT2D eigenvalue weighted by Gasteiger charge is -2.19. The van der Waals surface area contributed by atoms with E-state index in [0.717, 1.165) is 19.3 Å². The largest absolute Gasteiger partial charge is 0.466 e. The number of rotatable bonds is 5. The molecule has 0 aliphatic heterocycles. The first kappa shape index (κ1) is 19.0. The molecule has 0 radical (unpaired) electrons. The van der Waals surface area contributed by atoms with Gasteiger partial charge in [0.15, 0.2) is 0 Å². The lowest BCUT2D eigenvalue weighted by molar-refractivity contribution is -0.134. The van der Waals surface area contributed by atoms with E-state index in [0.29, 0.717) is 5.57 Å². The van der Waals surface area contributed by atoms with Gasteiger partial charge in [0, 0.05) is 18.1 Å². The van der Waals surface area contributed by atoms with Gasteiger partial charge in [0.2, 0.25) is 0 Å². The van der Waals surface area contributed by atoms with E-state index in [1.54, 1.807) is 20.8 Å². The molecule has 0 unspecified atom stereocenters. The van der Waals surface area contributed by atoms with Gasteiger partial charge in [0.05, 0.1) is 13.7 Å². The van der Waals surface area contributed by atoms with E-state index >= 15 is 0 Å². The average molecular weight is 295 g/mol. The molecule has 0 heterocycles. The number of carbonyl (C=O) groups is 2. The van der Waals surface area contributed by atoms with Crippen LogP contribution in [-0.2, 0) is 14.3 Å². The first-order chi connectivity index (χ1) is 9.78. The van der Waals surface area contributed by atoms with Gasteiger partial charge in [-0.15, -0.1) is 0 Å². The number of esters is 1. The highest BCUT2D eigenvalue weighted by Crippen LogP contribution is 2.06. The summed E-state index contributed by atoms with van der Waals surface area (Å²) in [7, 11) is 1.29. The smallest absolute Gasteiger partial charge is 0.407 e. The van der Waals surface area contributed by atoms with Gasteiger partial charge in [-0.3, -0.25) is 0 Å². The second kappa shape index (κ2) is 9.87. The highest BCUT2D eigenvalue weighted by atomic mass is 16.6. The third kappa shape index (κ3) is 11.6. The summed E-state index contributed by atoms with van der Waals surface area (Å²) in [6.07, 6.45) is 3.53. The maximum Gasteiger partial charge on any atom is 0.407 e. The molecule has 1 amide bonds. The van der Waals surface area contributed by atoms with Gasteiger partial charge < -0.3 is 14.8 Å². The lowest BCUT2D eigenvalue weighted by Crippen LogP contribution is -2.33. The number of unbranched alkanes of at least 4 members (excludes halogenated alkanes) is 2. The summed E-state index contributed by atoms with van der Waals surface area (Å²) in [5.41, 5.74) is -0.0767. The van der Waals surface area contributed by atoms with E-state index in [4.69, 9.17) is 4.74 Å². The summed E-state index contributed by atoms with van der Waals surface area (Å²) in [5, 5.41) is 2.57. The van der Waals surface area contributed by atoms with Gasteiger partial charge in [0.1, 0.15) is 5.60 Å². The number of ether oxygens (including phenoxy) is 2. The molecule has 0 spiro atoms. The number of carbonyl (C=O) groups excluding carboxylic acids is 2. The van der Waals surface area contributed by atoms with Crippen LogP contribution >= 0.6 is 0 Å². The van der Waals surface area contributed by atoms with Crippen molar-refractivity contribution in [3.8, 4) is 11.8 Å². The van der Waals surface area contributed by atoms with Crippen molar-refractivity contribution in [3.63, 3.8) is 0 Å². The molecule has 0 saturated carbocycles. The molecule has 0 atom stereocenters. The molecular weight excluding hydrogens is 270 g/mol. The molecule has 0 aromatic heterocycles. The number of nitrogens with one attached hydrogen (secondary N) is 1. The topological polar surface area (TPSA) is 64.6 Å². The number of amides is 1. The minimum absolute atomic E-state index is 0.128. The predicted molar refractivity (Wildman–Crippen MR) is 81.6 cm³/mol. The van der Waals surface area contributed by atoms with Crippen LogP contribution in [0.1, 0.15) is 47.0 Å². The number of alkyl carbamates (subject to hydrolysis) is 1. The van der Waals surface area contributed by atoms with Crippen LogP contribution < -0.4 is 5.32 Å². The first-order valence-electron chi connectivity index (χ1n) is 7.02. The summed E-state index contributed by atoms with van der Waals surface area (Å²) in [6, 6.07) is 0. The van der Waals surface area contributed by atoms with Crippen molar-refractivity contribution in [2.75, 3.05) is 13.7 Å². The van der Waals surface area contributed by atoms with Crippen molar-refractivity contribution >= 4 is 12.1 Å². The third-order valence-electron chi connectivity index (χ3n) is 2.22.